The Bertz CT molecular complexity index is 77.4. The highest BCUT2D eigenvalue weighted by atomic mass is 79.9. The van der Waals surface area contributed by atoms with Crippen LogP contribution in [0.15, 0.2) is 0 Å². The number of carboxylic acids is 1. The molecule has 0 unspecified atom stereocenters. The lowest BCUT2D eigenvalue weighted by molar-refractivity contribution is -0.137. The monoisotopic (exact) mass is 216 g/mol. The van der Waals surface area contributed by atoms with Crippen molar-refractivity contribution in [3.8, 4) is 0 Å². The summed E-state index contributed by atoms with van der Waals surface area (Å²) >= 11 is 3.21. The summed E-state index contributed by atoms with van der Waals surface area (Å²) in [6.07, 6.45) is 2.03. The van der Waals surface area contributed by atoms with Gasteiger partial charge in [-0.05, 0) is 12.8 Å². The minimum atomic E-state index is -0.703. The van der Waals surface area contributed by atoms with Crippen molar-refractivity contribution >= 4 is 34.3 Å². The van der Waals surface area contributed by atoms with E-state index in [1.807, 2.05) is 0 Å². The zero-order valence-electron chi connectivity index (χ0n) is 4.97. The second kappa shape index (κ2) is 8.24. The number of rotatable bonds is 4. The normalized spacial score (nSPS) is 8.11. The molecule has 0 amide bonds. The molecule has 0 aliphatic heterocycles. The number of carbonyl (C=O) groups is 1. The molecule has 0 rings (SSSR count). The summed E-state index contributed by atoms with van der Waals surface area (Å²) in [7, 11) is 0. The van der Waals surface area contributed by atoms with Crippen LogP contribution in [0.5, 0.6) is 0 Å². The third kappa shape index (κ3) is 11.7. The van der Waals surface area contributed by atoms with Gasteiger partial charge in [-0.15, -0.1) is 12.4 Å². The summed E-state index contributed by atoms with van der Waals surface area (Å²) < 4.78 is 0. The summed E-state index contributed by atoms with van der Waals surface area (Å²) in [5.41, 5.74) is 0. The molecule has 0 aliphatic rings. The van der Waals surface area contributed by atoms with Crippen LogP contribution in [0.3, 0.4) is 0 Å². The van der Waals surface area contributed by atoms with Crippen LogP contribution in [0.1, 0.15) is 19.3 Å². The first-order valence-corrected chi connectivity index (χ1v) is 3.67. The molecule has 0 spiro atoms. The van der Waals surface area contributed by atoms with E-state index < -0.39 is 5.97 Å². The van der Waals surface area contributed by atoms with Crippen LogP contribution in [0.4, 0.5) is 0 Å². The van der Waals surface area contributed by atoms with Gasteiger partial charge in [0.2, 0.25) is 0 Å². The predicted octanol–water partition coefficient (Wildman–Crippen LogP) is 2.06. The van der Waals surface area contributed by atoms with E-state index in [1.165, 1.54) is 0 Å². The molecular weight excluding hydrogens is 207 g/mol. The van der Waals surface area contributed by atoms with E-state index in [1.54, 1.807) is 0 Å². The molecule has 0 fully saturated rings. The topological polar surface area (TPSA) is 37.3 Å². The molecule has 0 saturated carbocycles. The summed E-state index contributed by atoms with van der Waals surface area (Å²) in [6, 6.07) is 0. The van der Waals surface area contributed by atoms with E-state index in [0.717, 1.165) is 18.2 Å². The Morgan fingerprint density at radius 2 is 2.00 bits per heavy atom. The van der Waals surface area contributed by atoms with Crippen LogP contribution < -0.4 is 0 Å². The Hall–Kier alpha value is 0.240. The van der Waals surface area contributed by atoms with E-state index in [9.17, 15) is 4.79 Å². The fraction of sp³-hybridized carbons (Fsp3) is 0.800. The maximum absolute atomic E-state index is 9.86. The van der Waals surface area contributed by atoms with Crippen LogP contribution in [-0.2, 0) is 4.79 Å². The fourth-order valence-electron chi connectivity index (χ4n) is 0.371. The van der Waals surface area contributed by atoms with E-state index in [2.05, 4.69) is 15.9 Å². The van der Waals surface area contributed by atoms with Gasteiger partial charge in [0.05, 0.1) is 0 Å². The van der Waals surface area contributed by atoms with Crippen molar-refractivity contribution in [3.05, 3.63) is 0 Å². The first kappa shape index (κ1) is 12.0. The van der Waals surface area contributed by atoms with Crippen LogP contribution in [0.2, 0.25) is 0 Å². The van der Waals surface area contributed by atoms with Crippen LogP contribution in [-0.4, -0.2) is 16.4 Å². The molecule has 0 aromatic rings. The number of halogens is 2. The molecular formula is C5H10BrClO2. The van der Waals surface area contributed by atoms with Crippen molar-refractivity contribution in [3.63, 3.8) is 0 Å². The van der Waals surface area contributed by atoms with E-state index in [4.69, 9.17) is 5.11 Å². The second-order valence-corrected chi connectivity index (χ2v) is 2.33. The van der Waals surface area contributed by atoms with E-state index in [0.29, 0.717) is 6.42 Å². The summed E-state index contributed by atoms with van der Waals surface area (Å²) in [5, 5.41) is 9.03. The smallest absolute Gasteiger partial charge is 0.303 e. The number of carboxylic acid groups (broad SMARTS) is 1. The third-order valence-electron chi connectivity index (χ3n) is 0.774. The zero-order valence-corrected chi connectivity index (χ0v) is 7.37. The van der Waals surface area contributed by atoms with Gasteiger partial charge in [-0.25, -0.2) is 0 Å². The largest absolute Gasteiger partial charge is 0.481 e. The van der Waals surface area contributed by atoms with E-state index in [-0.39, 0.29) is 12.4 Å². The van der Waals surface area contributed by atoms with Crippen LogP contribution in [0, 0.1) is 0 Å². The minimum absolute atomic E-state index is 0. The molecule has 0 saturated heterocycles. The van der Waals surface area contributed by atoms with Gasteiger partial charge in [0.25, 0.3) is 0 Å². The molecule has 2 nitrogen and oxygen atoms in total. The van der Waals surface area contributed by atoms with Crippen LogP contribution >= 0.6 is 28.3 Å². The highest BCUT2D eigenvalue weighted by molar-refractivity contribution is 9.09. The molecule has 9 heavy (non-hydrogen) atoms. The molecule has 0 aromatic carbocycles. The first-order valence-electron chi connectivity index (χ1n) is 2.55. The minimum Gasteiger partial charge on any atom is -0.481 e. The third-order valence-corrected chi connectivity index (χ3v) is 1.34. The van der Waals surface area contributed by atoms with Gasteiger partial charge in [-0.1, -0.05) is 15.9 Å². The van der Waals surface area contributed by atoms with Crippen molar-refractivity contribution in [2.24, 2.45) is 0 Å². The van der Waals surface area contributed by atoms with Gasteiger partial charge >= 0.3 is 5.97 Å². The highest BCUT2D eigenvalue weighted by Crippen LogP contribution is 1.97. The van der Waals surface area contributed by atoms with Gasteiger partial charge in [-0.2, -0.15) is 0 Å². The molecule has 4 heteroatoms. The maximum atomic E-state index is 9.86. The van der Waals surface area contributed by atoms with Gasteiger partial charge in [0.15, 0.2) is 0 Å². The Kier molecular flexibility index (Phi) is 11.0. The number of hydrogen-bond acceptors (Lipinski definition) is 1. The first-order chi connectivity index (χ1) is 3.77. The summed E-state index contributed by atoms with van der Waals surface area (Å²) in [5.74, 6) is -0.703. The number of aliphatic carboxylic acids is 1. The second-order valence-electron chi connectivity index (χ2n) is 1.54. The number of hydrogen-bond donors (Lipinski definition) is 1. The Labute approximate surface area is 69.2 Å². The molecule has 56 valence electrons. The van der Waals surface area contributed by atoms with Gasteiger partial charge < -0.3 is 5.11 Å². The quantitative estimate of drug-likeness (QED) is 0.578. The van der Waals surface area contributed by atoms with E-state index >= 15 is 0 Å². The van der Waals surface area contributed by atoms with Crippen molar-refractivity contribution in [1.29, 1.82) is 0 Å². The van der Waals surface area contributed by atoms with Gasteiger partial charge in [0, 0.05) is 11.8 Å². The molecule has 0 bridgehead atoms. The standard InChI is InChI=1S/C5H9BrO2.ClH/c6-4-2-1-3-5(7)8;/h1-4H2,(H,7,8);1H. The summed E-state index contributed by atoms with van der Waals surface area (Å²) in [6.45, 7) is 0. The van der Waals surface area contributed by atoms with Crippen molar-refractivity contribution in [2.75, 3.05) is 5.33 Å². The Morgan fingerprint density at radius 3 is 2.33 bits per heavy atom. The zero-order chi connectivity index (χ0) is 6.41. The van der Waals surface area contributed by atoms with Crippen LogP contribution in [0.25, 0.3) is 0 Å². The van der Waals surface area contributed by atoms with Crippen molar-refractivity contribution in [2.45, 2.75) is 19.3 Å². The number of unbranched alkanes of at least 4 members (excludes halogenated alkanes) is 1. The SMILES string of the molecule is Cl.O=C(O)CCCCBr. The highest BCUT2D eigenvalue weighted by Gasteiger charge is 1.93. The van der Waals surface area contributed by atoms with Gasteiger partial charge in [0.1, 0.15) is 0 Å². The summed E-state index contributed by atoms with van der Waals surface area (Å²) in [4.78, 5) is 9.86. The lowest BCUT2D eigenvalue weighted by atomic mass is 10.3. The Balaban J connectivity index is 0. The predicted molar refractivity (Wildman–Crippen MR) is 42.5 cm³/mol. The lowest BCUT2D eigenvalue weighted by Crippen LogP contribution is -1.93. The number of alkyl halides is 1. The molecule has 0 atom stereocenters. The Morgan fingerprint density at radius 1 is 1.44 bits per heavy atom. The average Bonchev–Trinajstić information content (AvgIpc) is 1.66. The lowest BCUT2D eigenvalue weighted by Gasteiger charge is -1.88. The molecule has 0 aliphatic carbocycles. The molecule has 0 aromatic heterocycles. The van der Waals surface area contributed by atoms with Gasteiger partial charge in [-0.3, -0.25) is 4.79 Å². The average molecular weight is 217 g/mol. The maximum Gasteiger partial charge on any atom is 0.303 e. The molecule has 0 radical (unpaired) electrons. The van der Waals surface area contributed by atoms with Crippen molar-refractivity contribution in [1.82, 2.24) is 0 Å². The van der Waals surface area contributed by atoms with Crippen molar-refractivity contribution < 1.29 is 9.90 Å². The molecule has 1 N–H and O–H groups in total. The fourth-order valence-corrected chi connectivity index (χ4v) is 0.767. The molecule has 0 heterocycles.